The Bertz CT molecular complexity index is 332. The van der Waals surface area contributed by atoms with E-state index in [9.17, 15) is 0 Å². The molecule has 1 N–H and O–H groups in total. The van der Waals surface area contributed by atoms with Gasteiger partial charge in [0.25, 0.3) is 0 Å². The highest BCUT2D eigenvalue weighted by molar-refractivity contribution is 5.02. The SMILES string of the molecule is CC(C)c1cnnc(CC2CCCCN2)n1. The van der Waals surface area contributed by atoms with Crippen molar-refractivity contribution in [3.63, 3.8) is 0 Å². The Balaban J connectivity index is 2.00. The quantitative estimate of drug-likeness (QED) is 0.842. The van der Waals surface area contributed by atoms with E-state index in [0.29, 0.717) is 12.0 Å². The maximum atomic E-state index is 4.55. The van der Waals surface area contributed by atoms with Crippen LogP contribution in [0.25, 0.3) is 0 Å². The number of hydrogen-bond donors (Lipinski definition) is 1. The maximum Gasteiger partial charge on any atom is 0.152 e. The maximum absolute atomic E-state index is 4.55. The lowest BCUT2D eigenvalue weighted by molar-refractivity contribution is 0.392. The molecule has 16 heavy (non-hydrogen) atoms. The Morgan fingerprint density at radius 3 is 3.00 bits per heavy atom. The summed E-state index contributed by atoms with van der Waals surface area (Å²) < 4.78 is 0. The molecule has 1 aliphatic heterocycles. The van der Waals surface area contributed by atoms with Crippen LogP contribution in [0.15, 0.2) is 6.20 Å². The number of hydrogen-bond acceptors (Lipinski definition) is 4. The van der Waals surface area contributed by atoms with Gasteiger partial charge in [0.1, 0.15) is 0 Å². The predicted octanol–water partition coefficient (Wildman–Crippen LogP) is 1.68. The summed E-state index contributed by atoms with van der Waals surface area (Å²) in [6.45, 7) is 5.39. The van der Waals surface area contributed by atoms with Gasteiger partial charge in [-0.3, -0.25) is 0 Å². The van der Waals surface area contributed by atoms with Crippen LogP contribution in [0, 0.1) is 0 Å². The van der Waals surface area contributed by atoms with Crippen molar-refractivity contribution < 1.29 is 0 Å². The van der Waals surface area contributed by atoms with Crippen LogP contribution in [0.5, 0.6) is 0 Å². The van der Waals surface area contributed by atoms with Crippen molar-refractivity contribution in [2.24, 2.45) is 0 Å². The van der Waals surface area contributed by atoms with Gasteiger partial charge in [-0.1, -0.05) is 20.3 Å². The molecular weight excluding hydrogens is 200 g/mol. The fraction of sp³-hybridized carbons (Fsp3) is 0.750. The van der Waals surface area contributed by atoms with Gasteiger partial charge in [0.2, 0.25) is 0 Å². The molecule has 0 radical (unpaired) electrons. The van der Waals surface area contributed by atoms with Gasteiger partial charge in [0.05, 0.1) is 11.9 Å². The summed E-state index contributed by atoms with van der Waals surface area (Å²) in [5.41, 5.74) is 1.04. The van der Waals surface area contributed by atoms with E-state index in [1.807, 2.05) is 0 Å². The van der Waals surface area contributed by atoms with Crippen molar-refractivity contribution in [3.8, 4) is 0 Å². The van der Waals surface area contributed by atoms with Gasteiger partial charge in [0, 0.05) is 12.5 Å². The first-order valence-corrected chi connectivity index (χ1v) is 6.17. The van der Waals surface area contributed by atoms with Crippen LogP contribution in [0.2, 0.25) is 0 Å². The van der Waals surface area contributed by atoms with E-state index in [1.54, 1.807) is 6.20 Å². The largest absolute Gasteiger partial charge is 0.314 e. The van der Waals surface area contributed by atoms with Crippen LogP contribution in [0.1, 0.15) is 50.5 Å². The molecule has 0 aromatic carbocycles. The molecule has 4 heteroatoms. The minimum atomic E-state index is 0.425. The van der Waals surface area contributed by atoms with E-state index in [1.165, 1.54) is 19.3 Å². The van der Waals surface area contributed by atoms with Crippen LogP contribution >= 0.6 is 0 Å². The number of rotatable bonds is 3. The minimum Gasteiger partial charge on any atom is -0.314 e. The Labute approximate surface area is 96.9 Å². The molecule has 0 spiro atoms. The molecule has 4 nitrogen and oxygen atoms in total. The van der Waals surface area contributed by atoms with Crippen molar-refractivity contribution in [3.05, 3.63) is 17.7 Å². The van der Waals surface area contributed by atoms with Crippen molar-refractivity contribution in [1.29, 1.82) is 0 Å². The molecule has 1 fully saturated rings. The standard InChI is InChI=1S/C12H20N4/c1-9(2)11-8-14-16-12(15-11)7-10-5-3-4-6-13-10/h8-10,13H,3-7H2,1-2H3. The molecule has 1 aromatic heterocycles. The van der Waals surface area contributed by atoms with E-state index in [-0.39, 0.29) is 0 Å². The summed E-state index contributed by atoms with van der Waals surface area (Å²) in [5.74, 6) is 1.30. The molecule has 1 unspecified atom stereocenters. The number of piperidine rings is 1. The normalized spacial score (nSPS) is 21.3. The average Bonchev–Trinajstić information content (AvgIpc) is 2.30. The third kappa shape index (κ3) is 2.98. The molecule has 1 saturated heterocycles. The van der Waals surface area contributed by atoms with Gasteiger partial charge >= 0.3 is 0 Å². The van der Waals surface area contributed by atoms with Gasteiger partial charge in [-0.25, -0.2) is 4.98 Å². The molecule has 0 saturated carbocycles. The van der Waals surface area contributed by atoms with Gasteiger partial charge < -0.3 is 5.32 Å². The molecule has 2 heterocycles. The van der Waals surface area contributed by atoms with Gasteiger partial charge in [0.15, 0.2) is 5.82 Å². The molecule has 1 aromatic rings. The van der Waals surface area contributed by atoms with Gasteiger partial charge in [-0.2, -0.15) is 5.10 Å². The van der Waals surface area contributed by atoms with Crippen LogP contribution in [-0.4, -0.2) is 27.8 Å². The highest BCUT2D eigenvalue weighted by Crippen LogP contribution is 2.12. The molecule has 0 amide bonds. The Morgan fingerprint density at radius 2 is 2.31 bits per heavy atom. The van der Waals surface area contributed by atoms with Gasteiger partial charge in [-0.05, 0) is 25.3 Å². The lowest BCUT2D eigenvalue weighted by Crippen LogP contribution is -2.36. The lowest BCUT2D eigenvalue weighted by Gasteiger charge is -2.22. The topological polar surface area (TPSA) is 50.7 Å². The Morgan fingerprint density at radius 1 is 1.44 bits per heavy atom. The molecular formula is C12H20N4. The zero-order valence-electron chi connectivity index (χ0n) is 10.1. The summed E-state index contributed by atoms with van der Waals surface area (Å²) in [6, 6.07) is 0.540. The minimum absolute atomic E-state index is 0.425. The summed E-state index contributed by atoms with van der Waals surface area (Å²) >= 11 is 0. The first-order chi connectivity index (χ1) is 7.75. The molecule has 88 valence electrons. The number of nitrogens with zero attached hydrogens (tertiary/aromatic N) is 3. The van der Waals surface area contributed by atoms with Crippen molar-refractivity contribution >= 4 is 0 Å². The van der Waals surface area contributed by atoms with E-state index in [4.69, 9.17) is 0 Å². The molecule has 1 aliphatic rings. The number of aromatic nitrogens is 3. The molecule has 1 atom stereocenters. The smallest absolute Gasteiger partial charge is 0.152 e. The second-order valence-electron chi connectivity index (χ2n) is 4.80. The molecule has 0 aliphatic carbocycles. The Kier molecular flexibility index (Phi) is 3.83. The fourth-order valence-electron chi connectivity index (χ4n) is 2.04. The van der Waals surface area contributed by atoms with Gasteiger partial charge in [-0.15, -0.1) is 5.10 Å². The van der Waals surface area contributed by atoms with E-state index in [0.717, 1.165) is 24.5 Å². The van der Waals surface area contributed by atoms with E-state index in [2.05, 4.69) is 34.3 Å². The monoisotopic (exact) mass is 220 g/mol. The predicted molar refractivity (Wildman–Crippen MR) is 63.3 cm³/mol. The van der Waals surface area contributed by atoms with Crippen LogP contribution in [-0.2, 0) is 6.42 Å². The Hall–Kier alpha value is -1.03. The van der Waals surface area contributed by atoms with E-state index >= 15 is 0 Å². The summed E-state index contributed by atoms with van der Waals surface area (Å²) in [4.78, 5) is 4.55. The summed E-state index contributed by atoms with van der Waals surface area (Å²) in [7, 11) is 0. The van der Waals surface area contributed by atoms with E-state index < -0.39 is 0 Å². The zero-order valence-corrected chi connectivity index (χ0v) is 10.1. The molecule has 0 bridgehead atoms. The van der Waals surface area contributed by atoms with Crippen molar-refractivity contribution in [2.45, 2.75) is 51.5 Å². The first kappa shape index (κ1) is 11.5. The van der Waals surface area contributed by atoms with Crippen LogP contribution in [0.3, 0.4) is 0 Å². The highest BCUT2D eigenvalue weighted by atomic mass is 15.1. The summed E-state index contributed by atoms with van der Waals surface area (Å²) in [6.07, 6.45) is 6.52. The first-order valence-electron chi connectivity index (χ1n) is 6.17. The number of nitrogens with one attached hydrogen (secondary N) is 1. The third-order valence-corrected chi connectivity index (χ3v) is 3.05. The highest BCUT2D eigenvalue weighted by Gasteiger charge is 2.15. The molecule has 2 rings (SSSR count). The lowest BCUT2D eigenvalue weighted by atomic mass is 10.0. The van der Waals surface area contributed by atoms with Crippen molar-refractivity contribution in [1.82, 2.24) is 20.5 Å². The van der Waals surface area contributed by atoms with Crippen molar-refractivity contribution in [2.75, 3.05) is 6.54 Å². The third-order valence-electron chi connectivity index (χ3n) is 3.05. The van der Waals surface area contributed by atoms with Crippen LogP contribution < -0.4 is 5.32 Å². The zero-order chi connectivity index (χ0) is 11.4. The second kappa shape index (κ2) is 5.34. The fourth-order valence-corrected chi connectivity index (χ4v) is 2.04. The van der Waals surface area contributed by atoms with Crippen LogP contribution in [0.4, 0.5) is 0 Å². The average molecular weight is 220 g/mol. The summed E-state index contributed by atoms with van der Waals surface area (Å²) in [5, 5.41) is 11.7. The second-order valence-corrected chi connectivity index (χ2v) is 4.80.